The molecule has 0 spiro atoms. The van der Waals surface area contributed by atoms with Gasteiger partial charge in [0.25, 0.3) is 0 Å². The van der Waals surface area contributed by atoms with Crippen LogP contribution in [0.25, 0.3) is 0 Å². The molecule has 2 aromatic carbocycles. The lowest BCUT2D eigenvalue weighted by molar-refractivity contribution is -0.597. The summed E-state index contributed by atoms with van der Waals surface area (Å²) in [5.41, 5.74) is -5.22. The van der Waals surface area contributed by atoms with Crippen molar-refractivity contribution in [2.24, 2.45) is 0 Å². The maximum absolute atomic E-state index is 11.0. The average Bonchev–Trinajstić information content (AvgIpc) is 2.47. The summed E-state index contributed by atoms with van der Waals surface area (Å²) < 4.78 is 61.1. The molecule has 0 radical (unpaired) electrons. The van der Waals surface area contributed by atoms with Gasteiger partial charge in [-0.15, -0.1) is 0 Å². The van der Waals surface area contributed by atoms with Crippen LogP contribution in [-0.2, 0) is 10.1 Å². The van der Waals surface area contributed by atoms with Crippen molar-refractivity contribution in [1.29, 1.82) is 0 Å². The third kappa shape index (κ3) is 6.45. The molecule has 2 rings (SSSR count). The van der Waals surface area contributed by atoms with Crippen molar-refractivity contribution >= 4 is 16.1 Å². The standard InChI is InChI=1S/C13H9IO2.CHF3O3S/c15-13(16)11-8-4-5-9-12(11)14-10-6-2-1-3-7-10;2-1(3,4)8(5,6)7/h1-9H;(H,5,6,7). The summed E-state index contributed by atoms with van der Waals surface area (Å²) in [6.07, 6.45) is 0. The largest absolute Gasteiger partial charge is 0.741 e. The highest BCUT2D eigenvalue weighted by Crippen LogP contribution is 2.20. The number of rotatable bonds is 3. The van der Waals surface area contributed by atoms with Gasteiger partial charge in [-0.3, -0.25) is 0 Å². The molecule has 0 unspecified atom stereocenters. The number of carbonyl (C=O) groups is 1. The smallest absolute Gasteiger partial charge is 0.485 e. The van der Waals surface area contributed by atoms with Gasteiger partial charge in [0, 0.05) is 0 Å². The minimum atomic E-state index is -6.09. The van der Waals surface area contributed by atoms with Crippen molar-refractivity contribution in [1.82, 2.24) is 0 Å². The quantitative estimate of drug-likeness (QED) is 0.370. The lowest BCUT2D eigenvalue weighted by Crippen LogP contribution is -3.61. The summed E-state index contributed by atoms with van der Waals surface area (Å²) >= 11 is -0.407. The van der Waals surface area contributed by atoms with E-state index < -0.39 is 42.8 Å². The Kier molecular flexibility index (Phi) is 7.17. The number of carboxylic acids is 1. The SMILES string of the molecule is O=C(O)c1ccccc1[I+]c1ccccc1.O=S(=O)([O-])C(F)(F)F. The normalized spacial score (nSPS) is 11.3. The van der Waals surface area contributed by atoms with E-state index in [0.717, 1.165) is 3.57 Å². The summed E-state index contributed by atoms with van der Waals surface area (Å²) in [5.74, 6) is -0.841. The van der Waals surface area contributed by atoms with Gasteiger partial charge in [-0.2, -0.15) is 13.2 Å². The molecule has 0 aliphatic heterocycles. The van der Waals surface area contributed by atoms with Crippen molar-refractivity contribution in [3.05, 3.63) is 67.3 Å². The molecular weight excluding hydrogens is 464 g/mol. The third-order valence-corrected chi connectivity index (χ3v) is 5.76. The molecule has 24 heavy (non-hydrogen) atoms. The molecule has 0 bridgehead atoms. The molecule has 0 saturated carbocycles. The zero-order valence-corrected chi connectivity index (χ0v) is 14.7. The predicted octanol–water partition coefficient (Wildman–Crippen LogP) is -0.435. The van der Waals surface area contributed by atoms with Crippen LogP contribution in [0.4, 0.5) is 13.2 Å². The van der Waals surface area contributed by atoms with E-state index in [1.165, 1.54) is 3.57 Å². The molecule has 0 saturated heterocycles. The second-order valence-electron chi connectivity index (χ2n) is 4.07. The molecule has 0 atom stereocenters. The van der Waals surface area contributed by atoms with Gasteiger partial charge < -0.3 is 9.66 Å². The molecule has 0 amide bonds. The first kappa shape index (κ1) is 20.4. The Bertz CT molecular complexity index is 792. The Balaban J connectivity index is 0.000000307. The van der Waals surface area contributed by atoms with Crippen LogP contribution in [-0.4, -0.2) is 29.6 Å². The molecule has 2 aromatic rings. The zero-order chi connectivity index (χ0) is 18.4. The number of aromatic carboxylic acids is 1. The fourth-order valence-electron chi connectivity index (χ4n) is 1.31. The summed E-state index contributed by atoms with van der Waals surface area (Å²) in [6.45, 7) is 0. The highest BCUT2D eigenvalue weighted by atomic mass is 127. The lowest BCUT2D eigenvalue weighted by atomic mass is 10.2. The number of hydrogen-bond acceptors (Lipinski definition) is 4. The van der Waals surface area contributed by atoms with Crippen LogP contribution in [0.15, 0.2) is 54.6 Å². The lowest BCUT2D eigenvalue weighted by Gasteiger charge is -2.08. The molecule has 5 nitrogen and oxygen atoms in total. The molecule has 0 heterocycles. The molecule has 10 heteroatoms. The number of halogens is 4. The highest BCUT2D eigenvalue weighted by Gasteiger charge is 2.36. The van der Waals surface area contributed by atoms with Gasteiger partial charge in [0.1, 0.15) is 5.56 Å². The number of hydrogen-bond donors (Lipinski definition) is 1. The van der Waals surface area contributed by atoms with Crippen LogP contribution in [0.3, 0.4) is 0 Å². The summed E-state index contributed by atoms with van der Waals surface area (Å²) in [5, 5.41) is 9.06. The average molecular weight is 474 g/mol. The van der Waals surface area contributed by atoms with E-state index in [-0.39, 0.29) is 0 Å². The molecule has 0 aliphatic carbocycles. The fraction of sp³-hybridized carbons (Fsp3) is 0.0714. The van der Waals surface area contributed by atoms with E-state index in [4.69, 9.17) is 18.1 Å². The fourth-order valence-corrected chi connectivity index (χ4v) is 3.85. The predicted molar refractivity (Wildman–Crippen MR) is 73.0 cm³/mol. The van der Waals surface area contributed by atoms with Gasteiger partial charge >= 0.3 is 32.7 Å². The van der Waals surface area contributed by atoms with E-state index in [2.05, 4.69) is 0 Å². The minimum absolute atomic E-state index is 0.407. The summed E-state index contributed by atoms with van der Waals surface area (Å²) in [7, 11) is -6.09. The Hall–Kier alpha value is -1.66. The van der Waals surface area contributed by atoms with Crippen LogP contribution in [0.1, 0.15) is 10.4 Å². The van der Waals surface area contributed by atoms with Gasteiger partial charge in [-0.1, -0.05) is 30.3 Å². The van der Waals surface area contributed by atoms with E-state index in [1.807, 2.05) is 42.5 Å². The molecule has 0 fully saturated rings. The second kappa shape index (κ2) is 8.44. The molecule has 0 aliphatic rings. The zero-order valence-electron chi connectivity index (χ0n) is 11.7. The first-order valence-electron chi connectivity index (χ1n) is 6.06. The second-order valence-corrected chi connectivity index (χ2v) is 8.39. The van der Waals surface area contributed by atoms with Crippen molar-refractivity contribution in [3.63, 3.8) is 0 Å². The van der Waals surface area contributed by atoms with E-state index in [1.54, 1.807) is 12.1 Å². The van der Waals surface area contributed by atoms with Crippen molar-refractivity contribution < 1.29 is 57.2 Å². The topological polar surface area (TPSA) is 94.5 Å². The van der Waals surface area contributed by atoms with Gasteiger partial charge in [-0.05, 0) is 24.3 Å². The Morgan fingerprint density at radius 2 is 1.46 bits per heavy atom. The minimum Gasteiger partial charge on any atom is -0.741 e. The van der Waals surface area contributed by atoms with Crippen molar-refractivity contribution in [3.8, 4) is 0 Å². The third-order valence-electron chi connectivity index (χ3n) is 2.33. The van der Waals surface area contributed by atoms with E-state index in [0.29, 0.717) is 5.56 Å². The molecule has 1 N–H and O–H groups in total. The Labute approximate surface area is 146 Å². The maximum Gasteiger partial charge on any atom is 0.485 e. The van der Waals surface area contributed by atoms with Crippen LogP contribution in [0.2, 0.25) is 0 Å². The molecule has 0 aromatic heterocycles. The first-order valence-corrected chi connectivity index (χ1v) is 9.63. The van der Waals surface area contributed by atoms with Crippen LogP contribution in [0.5, 0.6) is 0 Å². The van der Waals surface area contributed by atoms with Crippen molar-refractivity contribution in [2.75, 3.05) is 0 Å². The number of alkyl halides is 3. The highest BCUT2D eigenvalue weighted by molar-refractivity contribution is 7.86. The molecular formula is C14H10F3IO5S. The van der Waals surface area contributed by atoms with E-state index >= 15 is 0 Å². The van der Waals surface area contributed by atoms with E-state index in [9.17, 15) is 18.0 Å². The van der Waals surface area contributed by atoms with Crippen LogP contribution < -0.4 is 21.2 Å². The van der Waals surface area contributed by atoms with Gasteiger partial charge in [0.05, 0.1) is 0 Å². The van der Waals surface area contributed by atoms with Gasteiger partial charge in [0.15, 0.2) is 13.7 Å². The van der Waals surface area contributed by atoms with Crippen molar-refractivity contribution in [2.45, 2.75) is 5.51 Å². The Morgan fingerprint density at radius 1 is 1.00 bits per heavy atom. The van der Waals surface area contributed by atoms with Gasteiger partial charge in [-0.25, -0.2) is 13.2 Å². The van der Waals surface area contributed by atoms with Crippen LogP contribution in [0, 0.1) is 7.14 Å². The summed E-state index contributed by atoms with van der Waals surface area (Å²) in [6, 6.07) is 17.3. The number of benzene rings is 2. The first-order chi connectivity index (χ1) is 11.0. The maximum atomic E-state index is 11.0. The monoisotopic (exact) mass is 474 g/mol. The van der Waals surface area contributed by atoms with Gasteiger partial charge in [0.2, 0.25) is 3.57 Å². The van der Waals surface area contributed by atoms with Crippen LogP contribution >= 0.6 is 0 Å². The summed E-state index contributed by atoms with van der Waals surface area (Å²) in [4.78, 5) is 11.0. The Morgan fingerprint density at radius 3 is 1.92 bits per heavy atom. The molecule has 130 valence electrons. The number of carboxylic acid groups (broad SMARTS) is 1.